The van der Waals surface area contributed by atoms with Crippen molar-refractivity contribution in [1.82, 2.24) is 9.88 Å². The molecule has 0 aliphatic carbocycles. The van der Waals surface area contributed by atoms with Gasteiger partial charge in [-0.2, -0.15) is 0 Å². The Labute approximate surface area is 184 Å². The summed E-state index contributed by atoms with van der Waals surface area (Å²) in [4.78, 5) is 18.8. The molecular weight excluding hydrogens is 415 g/mol. The van der Waals surface area contributed by atoms with E-state index in [0.29, 0.717) is 23.6 Å². The SMILES string of the molecule is COc1ccc(C2c3[nH]c4ccc(Cl)cc4c3CCN2C(=O)c2ccc(F)cc2)cc1. The molecule has 1 N–H and O–H groups in total. The third-order valence-corrected chi connectivity index (χ3v) is 6.11. The van der Waals surface area contributed by atoms with Gasteiger partial charge in [-0.05, 0) is 72.1 Å². The summed E-state index contributed by atoms with van der Waals surface area (Å²) in [5, 5.41) is 1.76. The topological polar surface area (TPSA) is 45.3 Å². The summed E-state index contributed by atoms with van der Waals surface area (Å²) in [6.45, 7) is 0.541. The van der Waals surface area contributed by atoms with Gasteiger partial charge in [-0.25, -0.2) is 4.39 Å². The van der Waals surface area contributed by atoms with Crippen LogP contribution in [0.4, 0.5) is 4.39 Å². The molecule has 1 aliphatic heterocycles. The zero-order valence-electron chi connectivity index (χ0n) is 16.9. The fourth-order valence-electron chi connectivity index (χ4n) is 4.37. The van der Waals surface area contributed by atoms with Crippen LogP contribution in [0.15, 0.2) is 66.7 Å². The molecule has 1 atom stereocenters. The van der Waals surface area contributed by atoms with Crippen molar-refractivity contribution in [2.75, 3.05) is 13.7 Å². The minimum Gasteiger partial charge on any atom is -0.497 e. The van der Waals surface area contributed by atoms with Crippen LogP contribution in [0.3, 0.4) is 0 Å². The fraction of sp³-hybridized carbons (Fsp3) is 0.160. The molecule has 1 aliphatic rings. The molecule has 156 valence electrons. The molecule has 0 saturated heterocycles. The highest BCUT2D eigenvalue weighted by Crippen LogP contribution is 2.40. The molecule has 1 unspecified atom stereocenters. The van der Waals surface area contributed by atoms with E-state index in [1.165, 1.54) is 29.8 Å². The molecule has 0 spiro atoms. The van der Waals surface area contributed by atoms with Gasteiger partial charge in [0.15, 0.2) is 0 Å². The minimum absolute atomic E-state index is 0.136. The van der Waals surface area contributed by atoms with E-state index in [4.69, 9.17) is 16.3 Å². The first kappa shape index (κ1) is 19.6. The van der Waals surface area contributed by atoms with Gasteiger partial charge in [-0.3, -0.25) is 4.79 Å². The Balaban J connectivity index is 1.65. The van der Waals surface area contributed by atoms with Crippen molar-refractivity contribution < 1.29 is 13.9 Å². The lowest BCUT2D eigenvalue weighted by Crippen LogP contribution is -2.40. The maximum atomic E-state index is 13.4. The molecular formula is C25H20ClFN2O2. The fourth-order valence-corrected chi connectivity index (χ4v) is 4.54. The highest BCUT2D eigenvalue weighted by molar-refractivity contribution is 6.31. The molecule has 5 rings (SSSR count). The second-order valence-corrected chi connectivity index (χ2v) is 8.07. The number of nitrogens with zero attached hydrogens (tertiary/aromatic N) is 1. The van der Waals surface area contributed by atoms with Crippen LogP contribution in [-0.4, -0.2) is 29.4 Å². The monoisotopic (exact) mass is 434 g/mol. The molecule has 0 fully saturated rings. The highest BCUT2D eigenvalue weighted by Gasteiger charge is 2.35. The van der Waals surface area contributed by atoms with E-state index in [1.807, 2.05) is 47.4 Å². The van der Waals surface area contributed by atoms with Crippen LogP contribution in [0, 0.1) is 5.82 Å². The number of carbonyl (C=O) groups excluding carboxylic acids is 1. The molecule has 3 aromatic carbocycles. The third kappa shape index (κ3) is 3.45. The second kappa shape index (κ2) is 7.75. The van der Waals surface area contributed by atoms with Gasteiger partial charge in [-0.1, -0.05) is 23.7 Å². The van der Waals surface area contributed by atoms with Gasteiger partial charge in [-0.15, -0.1) is 0 Å². The Morgan fingerprint density at radius 2 is 1.84 bits per heavy atom. The van der Waals surface area contributed by atoms with Crippen molar-refractivity contribution in [1.29, 1.82) is 0 Å². The van der Waals surface area contributed by atoms with Crippen molar-refractivity contribution in [3.63, 3.8) is 0 Å². The number of methoxy groups -OCH3 is 1. The normalized spacial score (nSPS) is 15.7. The van der Waals surface area contributed by atoms with Gasteiger partial charge in [0, 0.05) is 33.7 Å². The molecule has 0 bridgehead atoms. The molecule has 31 heavy (non-hydrogen) atoms. The molecule has 4 nitrogen and oxygen atoms in total. The second-order valence-electron chi connectivity index (χ2n) is 7.64. The molecule has 0 radical (unpaired) electrons. The number of aromatic amines is 1. The van der Waals surface area contributed by atoms with Crippen molar-refractivity contribution in [2.24, 2.45) is 0 Å². The van der Waals surface area contributed by atoms with Gasteiger partial charge < -0.3 is 14.6 Å². The van der Waals surface area contributed by atoms with E-state index >= 15 is 0 Å². The Morgan fingerprint density at radius 1 is 1.10 bits per heavy atom. The minimum atomic E-state index is -0.364. The number of hydrogen-bond donors (Lipinski definition) is 1. The van der Waals surface area contributed by atoms with Crippen LogP contribution < -0.4 is 4.74 Å². The van der Waals surface area contributed by atoms with Gasteiger partial charge in [0.25, 0.3) is 5.91 Å². The predicted octanol–water partition coefficient (Wildman–Crippen LogP) is 5.76. The Bertz CT molecular complexity index is 1270. The van der Waals surface area contributed by atoms with Gasteiger partial charge in [0.05, 0.1) is 13.2 Å². The lowest BCUT2D eigenvalue weighted by molar-refractivity contribution is 0.0692. The summed E-state index contributed by atoms with van der Waals surface area (Å²) in [7, 11) is 1.62. The zero-order valence-corrected chi connectivity index (χ0v) is 17.6. The number of fused-ring (bicyclic) bond motifs is 3. The van der Waals surface area contributed by atoms with E-state index in [1.54, 1.807) is 7.11 Å². The number of amides is 1. The zero-order chi connectivity index (χ0) is 21.5. The van der Waals surface area contributed by atoms with Gasteiger partial charge >= 0.3 is 0 Å². The maximum Gasteiger partial charge on any atom is 0.254 e. The lowest BCUT2D eigenvalue weighted by Gasteiger charge is -2.36. The summed E-state index contributed by atoms with van der Waals surface area (Å²) in [5.74, 6) is 0.250. The molecule has 1 amide bonds. The first-order valence-corrected chi connectivity index (χ1v) is 10.4. The number of hydrogen-bond acceptors (Lipinski definition) is 2. The van der Waals surface area contributed by atoms with Crippen molar-refractivity contribution in [3.8, 4) is 5.75 Å². The van der Waals surface area contributed by atoms with Crippen molar-refractivity contribution >= 4 is 28.4 Å². The van der Waals surface area contributed by atoms with Crippen LogP contribution in [0.2, 0.25) is 5.02 Å². The Hall–Kier alpha value is -3.31. The number of nitrogens with one attached hydrogen (secondary N) is 1. The number of aromatic nitrogens is 1. The first-order valence-electron chi connectivity index (χ1n) is 10.1. The summed E-state index contributed by atoms with van der Waals surface area (Å²) in [6.07, 6.45) is 0.704. The van der Waals surface area contributed by atoms with Crippen molar-refractivity contribution in [3.05, 3.63) is 100.0 Å². The van der Waals surface area contributed by atoms with Gasteiger partial charge in [0.1, 0.15) is 11.6 Å². The van der Waals surface area contributed by atoms with Gasteiger partial charge in [0.2, 0.25) is 0 Å². The van der Waals surface area contributed by atoms with Crippen LogP contribution in [0.25, 0.3) is 10.9 Å². The van der Waals surface area contributed by atoms with E-state index in [-0.39, 0.29) is 17.8 Å². The lowest BCUT2D eigenvalue weighted by atomic mass is 9.91. The van der Waals surface area contributed by atoms with Crippen LogP contribution in [0.1, 0.15) is 33.2 Å². The van der Waals surface area contributed by atoms with E-state index < -0.39 is 0 Å². The number of halogens is 2. The highest BCUT2D eigenvalue weighted by atomic mass is 35.5. The van der Waals surface area contributed by atoms with E-state index in [2.05, 4.69) is 4.98 Å². The Morgan fingerprint density at radius 3 is 2.55 bits per heavy atom. The maximum absolute atomic E-state index is 13.4. The largest absolute Gasteiger partial charge is 0.497 e. The summed E-state index contributed by atoms with van der Waals surface area (Å²) < 4.78 is 18.7. The third-order valence-electron chi connectivity index (χ3n) is 5.87. The van der Waals surface area contributed by atoms with Crippen LogP contribution in [-0.2, 0) is 6.42 Å². The summed E-state index contributed by atoms with van der Waals surface area (Å²) in [5.41, 5.74) is 4.56. The van der Waals surface area contributed by atoms with E-state index in [9.17, 15) is 9.18 Å². The smallest absolute Gasteiger partial charge is 0.254 e. The average Bonchev–Trinajstić information content (AvgIpc) is 3.16. The van der Waals surface area contributed by atoms with Crippen molar-refractivity contribution in [2.45, 2.75) is 12.5 Å². The summed E-state index contributed by atoms with van der Waals surface area (Å²) in [6, 6.07) is 18.9. The predicted molar refractivity (Wildman–Crippen MR) is 119 cm³/mol. The molecule has 0 saturated carbocycles. The quantitative estimate of drug-likeness (QED) is 0.445. The van der Waals surface area contributed by atoms with Crippen LogP contribution >= 0.6 is 11.6 Å². The number of H-pyrrole nitrogens is 1. The standard InChI is InChI=1S/C25H20ClFN2O2/c1-31-19-9-4-15(5-10-19)24-23-20(21-14-17(26)6-11-22(21)28-23)12-13-29(24)25(30)16-2-7-18(27)8-3-16/h2-11,14,24,28H,12-13H2,1H3. The molecule has 2 heterocycles. The number of rotatable bonds is 3. The number of ether oxygens (including phenoxy) is 1. The number of benzene rings is 3. The molecule has 6 heteroatoms. The average molecular weight is 435 g/mol. The summed E-state index contributed by atoms with van der Waals surface area (Å²) >= 11 is 6.25. The molecule has 4 aromatic rings. The van der Waals surface area contributed by atoms with Crippen LogP contribution in [0.5, 0.6) is 5.75 Å². The number of carbonyl (C=O) groups is 1. The first-order chi connectivity index (χ1) is 15.0. The van der Waals surface area contributed by atoms with E-state index in [0.717, 1.165) is 27.9 Å². The Kier molecular flexibility index (Phi) is 4.91. The molecule has 1 aromatic heterocycles.